The van der Waals surface area contributed by atoms with E-state index in [2.05, 4.69) is 6.07 Å². The third-order valence-electron chi connectivity index (χ3n) is 4.21. The molecule has 0 bridgehead atoms. The molecule has 1 saturated heterocycles. The Morgan fingerprint density at radius 2 is 1.84 bits per heavy atom. The number of rotatable bonds is 1. The van der Waals surface area contributed by atoms with Gasteiger partial charge in [0.25, 0.3) is 0 Å². The molecule has 1 fully saturated rings. The SMILES string of the molecule is FC1(F)CCCN(c2ccc3c(n2)CCCC3)CC1. The summed E-state index contributed by atoms with van der Waals surface area (Å²) in [6.45, 7) is 1.11. The van der Waals surface area contributed by atoms with E-state index in [1.54, 1.807) is 0 Å². The maximum atomic E-state index is 13.4. The topological polar surface area (TPSA) is 16.1 Å². The molecule has 1 aromatic heterocycles. The van der Waals surface area contributed by atoms with Crippen LogP contribution in [0.3, 0.4) is 0 Å². The number of fused-ring (bicyclic) bond motifs is 1. The quantitative estimate of drug-likeness (QED) is 0.772. The van der Waals surface area contributed by atoms with Crippen LogP contribution in [-0.2, 0) is 12.8 Å². The summed E-state index contributed by atoms with van der Waals surface area (Å²) in [4.78, 5) is 6.73. The maximum absolute atomic E-state index is 13.4. The van der Waals surface area contributed by atoms with Crippen LogP contribution in [0.25, 0.3) is 0 Å². The largest absolute Gasteiger partial charge is 0.356 e. The molecule has 0 unspecified atom stereocenters. The molecule has 0 atom stereocenters. The second-order valence-corrected chi connectivity index (χ2v) is 5.68. The zero-order chi connectivity index (χ0) is 13.3. The average molecular weight is 266 g/mol. The van der Waals surface area contributed by atoms with Crippen molar-refractivity contribution in [3.63, 3.8) is 0 Å². The highest BCUT2D eigenvalue weighted by atomic mass is 19.3. The number of alkyl halides is 2. The van der Waals surface area contributed by atoms with Gasteiger partial charge >= 0.3 is 0 Å². The number of anilines is 1. The van der Waals surface area contributed by atoms with Gasteiger partial charge in [0.1, 0.15) is 5.82 Å². The van der Waals surface area contributed by atoms with Gasteiger partial charge in [0.15, 0.2) is 0 Å². The van der Waals surface area contributed by atoms with Crippen molar-refractivity contribution < 1.29 is 8.78 Å². The van der Waals surface area contributed by atoms with Gasteiger partial charge in [0, 0.05) is 31.6 Å². The highest BCUT2D eigenvalue weighted by Crippen LogP contribution is 2.30. The maximum Gasteiger partial charge on any atom is 0.249 e. The van der Waals surface area contributed by atoms with Crippen molar-refractivity contribution in [2.24, 2.45) is 0 Å². The number of aromatic nitrogens is 1. The van der Waals surface area contributed by atoms with Crippen LogP contribution in [0.1, 0.15) is 43.4 Å². The van der Waals surface area contributed by atoms with E-state index in [-0.39, 0.29) is 12.8 Å². The van der Waals surface area contributed by atoms with Gasteiger partial charge in [-0.3, -0.25) is 0 Å². The summed E-state index contributed by atoms with van der Waals surface area (Å²) in [7, 11) is 0. The fraction of sp³-hybridized carbons (Fsp3) is 0.667. The summed E-state index contributed by atoms with van der Waals surface area (Å²) < 4.78 is 26.8. The fourth-order valence-electron chi connectivity index (χ4n) is 3.04. The Morgan fingerprint density at radius 1 is 1.00 bits per heavy atom. The highest BCUT2D eigenvalue weighted by molar-refractivity contribution is 5.42. The molecular weight excluding hydrogens is 246 g/mol. The fourth-order valence-corrected chi connectivity index (χ4v) is 3.04. The van der Waals surface area contributed by atoms with Gasteiger partial charge in [-0.2, -0.15) is 0 Å². The minimum atomic E-state index is -2.50. The molecule has 1 aromatic rings. The first-order valence-electron chi connectivity index (χ1n) is 7.26. The van der Waals surface area contributed by atoms with Gasteiger partial charge in [0.2, 0.25) is 5.92 Å². The first-order valence-corrected chi connectivity index (χ1v) is 7.26. The zero-order valence-electron chi connectivity index (χ0n) is 11.2. The van der Waals surface area contributed by atoms with Crippen LogP contribution < -0.4 is 4.90 Å². The van der Waals surface area contributed by atoms with Gasteiger partial charge < -0.3 is 4.90 Å². The lowest BCUT2D eigenvalue weighted by Gasteiger charge is -2.24. The highest BCUT2D eigenvalue weighted by Gasteiger charge is 2.32. The van der Waals surface area contributed by atoms with E-state index in [1.165, 1.54) is 24.1 Å². The van der Waals surface area contributed by atoms with E-state index in [1.807, 2.05) is 11.0 Å². The van der Waals surface area contributed by atoms with Gasteiger partial charge in [0.05, 0.1) is 0 Å². The summed E-state index contributed by atoms with van der Waals surface area (Å²) in [6.07, 6.45) is 5.09. The molecule has 104 valence electrons. The van der Waals surface area contributed by atoms with Crippen LogP contribution in [0.15, 0.2) is 12.1 Å². The van der Waals surface area contributed by atoms with Crippen LogP contribution >= 0.6 is 0 Å². The van der Waals surface area contributed by atoms with Crippen molar-refractivity contribution in [2.75, 3.05) is 18.0 Å². The minimum absolute atomic E-state index is 0.00837. The van der Waals surface area contributed by atoms with Crippen LogP contribution in [0.5, 0.6) is 0 Å². The van der Waals surface area contributed by atoms with Crippen molar-refractivity contribution in [3.05, 3.63) is 23.4 Å². The third-order valence-corrected chi connectivity index (χ3v) is 4.21. The molecule has 0 radical (unpaired) electrons. The van der Waals surface area contributed by atoms with Crippen molar-refractivity contribution in [1.82, 2.24) is 4.98 Å². The monoisotopic (exact) mass is 266 g/mol. The zero-order valence-corrected chi connectivity index (χ0v) is 11.2. The molecule has 0 N–H and O–H groups in total. The van der Waals surface area contributed by atoms with Gasteiger partial charge in [-0.05, 0) is 43.7 Å². The van der Waals surface area contributed by atoms with Gasteiger partial charge in [-0.25, -0.2) is 13.8 Å². The van der Waals surface area contributed by atoms with E-state index >= 15 is 0 Å². The Kier molecular flexibility index (Phi) is 3.42. The molecule has 0 amide bonds. The molecule has 4 heteroatoms. The molecule has 2 nitrogen and oxygen atoms in total. The Hall–Kier alpha value is -1.19. The molecule has 1 aliphatic heterocycles. The molecule has 0 spiro atoms. The van der Waals surface area contributed by atoms with E-state index in [0.29, 0.717) is 19.5 Å². The lowest BCUT2D eigenvalue weighted by atomic mass is 9.96. The third kappa shape index (κ3) is 2.88. The predicted octanol–water partition coefficient (Wildman–Crippen LogP) is 3.59. The lowest BCUT2D eigenvalue weighted by Crippen LogP contribution is -2.27. The van der Waals surface area contributed by atoms with Crippen LogP contribution in [-0.4, -0.2) is 24.0 Å². The summed E-state index contributed by atoms with van der Waals surface area (Å²) in [5, 5.41) is 0. The average Bonchev–Trinajstić information content (AvgIpc) is 2.59. The minimum Gasteiger partial charge on any atom is -0.356 e. The number of halogens is 2. The van der Waals surface area contributed by atoms with Crippen LogP contribution in [0.2, 0.25) is 0 Å². The Bertz CT molecular complexity index is 459. The molecule has 19 heavy (non-hydrogen) atoms. The normalized spacial score (nSPS) is 22.7. The predicted molar refractivity (Wildman–Crippen MR) is 71.9 cm³/mol. The van der Waals surface area contributed by atoms with Gasteiger partial charge in [-0.15, -0.1) is 0 Å². The van der Waals surface area contributed by atoms with Crippen molar-refractivity contribution in [2.45, 2.75) is 50.9 Å². The standard InChI is InChI=1S/C15H20F2N2/c16-15(17)8-3-10-19(11-9-15)14-7-6-12-4-1-2-5-13(12)18-14/h6-7H,1-5,8-11H2. The van der Waals surface area contributed by atoms with Crippen LogP contribution in [0.4, 0.5) is 14.6 Å². The summed E-state index contributed by atoms with van der Waals surface area (Å²) in [5.74, 6) is -1.61. The molecule has 2 aliphatic rings. The molecule has 1 aliphatic carbocycles. The summed E-state index contributed by atoms with van der Waals surface area (Å²) in [5.41, 5.74) is 2.52. The van der Waals surface area contributed by atoms with E-state index in [9.17, 15) is 8.78 Å². The van der Waals surface area contributed by atoms with Crippen molar-refractivity contribution in [3.8, 4) is 0 Å². The summed E-state index contributed by atoms with van der Waals surface area (Å²) >= 11 is 0. The Morgan fingerprint density at radius 3 is 2.74 bits per heavy atom. The van der Waals surface area contributed by atoms with Crippen molar-refractivity contribution in [1.29, 1.82) is 0 Å². The van der Waals surface area contributed by atoms with Crippen LogP contribution in [0, 0.1) is 0 Å². The molecular formula is C15H20F2N2. The number of nitrogens with zero attached hydrogens (tertiary/aromatic N) is 2. The second kappa shape index (κ2) is 5.06. The van der Waals surface area contributed by atoms with E-state index in [4.69, 9.17) is 4.98 Å². The lowest BCUT2D eigenvalue weighted by molar-refractivity contribution is -0.0102. The number of hydrogen-bond acceptors (Lipinski definition) is 2. The van der Waals surface area contributed by atoms with E-state index < -0.39 is 5.92 Å². The number of hydrogen-bond donors (Lipinski definition) is 0. The molecule has 2 heterocycles. The van der Waals surface area contributed by atoms with Gasteiger partial charge in [-0.1, -0.05) is 6.07 Å². The molecule has 0 aromatic carbocycles. The number of aryl methyl sites for hydroxylation is 2. The smallest absolute Gasteiger partial charge is 0.249 e. The van der Waals surface area contributed by atoms with E-state index in [0.717, 1.165) is 18.7 Å². The number of pyridine rings is 1. The first kappa shape index (κ1) is 12.8. The second-order valence-electron chi connectivity index (χ2n) is 5.68. The summed E-state index contributed by atoms with van der Waals surface area (Å²) in [6, 6.07) is 4.15. The molecule has 0 saturated carbocycles. The Labute approximate surface area is 112 Å². The molecule has 3 rings (SSSR count). The Balaban J connectivity index is 1.78. The first-order chi connectivity index (χ1) is 9.14. The van der Waals surface area contributed by atoms with Crippen molar-refractivity contribution >= 4 is 5.82 Å².